The lowest BCUT2D eigenvalue weighted by atomic mass is 9.74. The molecule has 2 N–H and O–H groups in total. The maximum Gasteiger partial charge on any atom is 0.0332 e. The number of nitrogens with two attached hydrogens (primary N) is 1. The quantitative estimate of drug-likeness (QED) is 0.770. The molecule has 1 saturated carbocycles. The van der Waals surface area contributed by atoms with Crippen molar-refractivity contribution in [2.24, 2.45) is 11.7 Å². The molecule has 0 aromatic rings. The van der Waals surface area contributed by atoms with Crippen LogP contribution in [0.3, 0.4) is 0 Å². The molecule has 1 aliphatic rings. The van der Waals surface area contributed by atoms with E-state index in [0.29, 0.717) is 6.04 Å². The molecular weight excluding hydrogens is 240 g/mol. The Morgan fingerprint density at radius 2 is 2.00 bits per heavy atom. The zero-order valence-electron chi connectivity index (χ0n) is 12.7. The second-order valence-electron chi connectivity index (χ2n) is 6.08. The highest BCUT2D eigenvalue weighted by molar-refractivity contribution is 7.98. The Balaban J connectivity index is 2.59. The van der Waals surface area contributed by atoms with Crippen LogP contribution in [-0.4, -0.2) is 42.1 Å². The largest absolute Gasteiger partial charge is 0.329 e. The topological polar surface area (TPSA) is 29.3 Å². The van der Waals surface area contributed by atoms with Gasteiger partial charge in [-0.1, -0.05) is 19.8 Å². The highest BCUT2D eigenvalue weighted by Gasteiger charge is 2.38. The van der Waals surface area contributed by atoms with E-state index in [1.807, 2.05) is 11.8 Å². The van der Waals surface area contributed by atoms with Crippen molar-refractivity contribution in [2.45, 2.75) is 64.0 Å². The zero-order chi connectivity index (χ0) is 13.6. The molecule has 0 aromatic carbocycles. The van der Waals surface area contributed by atoms with Gasteiger partial charge >= 0.3 is 0 Å². The monoisotopic (exact) mass is 272 g/mol. The van der Waals surface area contributed by atoms with E-state index in [1.165, 1.54) is 44.3 Å². The summed E-state index contributed by atoms with van der Waals surface area (Å²) in [6.45, 7) is 5.46. The van der Waals surface area contributed by atoms with E-state index >= 15 is 0 Å². The van der Waals surface area contributed by atoms with Crippen molar-refractivity contribution in [3.8, 4) is 0 Å². The Hall–Kier alpha value is 0.270. The molecular formula is C15H32N2S. The summed E-state index contributed by atoms with van der Waals surface area (Å²) in [5, 5.41) is 0. The molecule has 1 unspecified atom stereocenters. The fourth-order valence-electron chi connectivity index (χ4n) is 3.43. The molecule has 0 radical (unpaired) electrons. The zero-order valence-corrected chi connectivity index (χ0v) is 13.6. The van der Waals surface area contributed by atoms with Gasteiger partial charge in [-0.3, -0.25) is 4.90 Å². The van der Waals surface area contributed by atoms with Crippen LogP contribution in [0, 0.1) is 5.92 Å². The Morgan fingerprint density at radius 3 is 2.44 bits per heavy atom. The van der Waals surface area contributed by atoms with Crippen LogP contribution in [0.5, 0.6) is 0 Å². The predicted molar refractivity (Wildman–Crippen MR) is 84.3 cm³/mol. The van der Waals surface area contributed by atoms with Gasteiger partial charge in [0, 0.05) is 23.9 Å². The normalized spacial score (nSPS) is 30.7. The van der Waals surface area contributed by atoms with Crippen LogP contribution in [0.25, 0.3) is 0 Å². The van der Waals surface area contributed by atoms with Gasteiger partial charge < -0.3 is 5.73 Å². The van der Waals surface area contributed by atoms with E-state index in [2.05, 4.69) is 32.1 Å². The van der Waals surface area contributed by atoms with Crippen LogP contribution in [0.2, 0.25) is 0 Å². The van der Waals surface area contributed by atoms with E-state index in [4.69, 9.17) is 5.73 Å². The first-order valence-electron chi connectivity index (χ1n) is 7.51. The van der Waals surface area contributed by atoms with Gasteiger partial charge in [-0.05, 0) is 51.8 Å². The summed E-state index contributed by atoms with van der Waals surface area (Å²) in [7, 11) is 2.29. The molecule has 0 aliphatic heterocycles. The lowest BCUT2D eigenvalue weighted by molar-refractivity contribution is 0.0412. The summed E-state index contributed by atoms with van der Waals surface area (Å²) in [6, 6.07) is 0.631. The minimum absolute atomic E-state index is 0.277. The molecule has 3 heteroatoms. The number of thioether (sulfide) groups is 1. The molecule has 0 amide bonds. The van der Waals surface area contributed by atoms with E-state index in [0.717, 1.165) is 12.5 Å². The standard InChI is InChI=1S/C15H32N2S/c1-5-6-14-7-9-15(12-16,10-8-14)17(3)13(2)11-18-4/h13-14H,5-12,16H2,1-4H3. The molecule has 1 fully saturated rings. The Kier molecular flexibility index (Phi) is 7.04. The molecule has 1 aliphatic carbocycles. The second kappa shape index (κ2) is 7.76. The third-order valence-electron chi connectivity index (χ3n) is 4.93. The summed E-state index contributed by atoms with van der Waals surface area (Å²) in [5.74, 6) is 2.16. The SMILES string of the molecule is CCCC1CCC(CN)(N(C)C(C)CSC)CC1. The number of hydrogen-bond acceptors (Lipinski definition) is 3. The molecule has 0 bridgehead atoms. The van der Waals surface area contributed by atoms with Gasteiger partial charge in [0.25, 0.3) is 0 Å². The van der Waals surface area contributed by atoms with Crippen LogP contribution in [-0.2, 0) is 0 Å². The van der Waals surface area contributed by atoms with E-state index in [9.17, 15) is 0 Å². The van der Waals surface area contributed by atoms with Crippen molar-refractivity contribution in [3.05, 3.63) is 0 Å². The number of hydrogen-bond donors (Lipinski definition) is 1. The van der Waals surface area contributed by atoms with Crippen molar-refractivity contribution in [1.29, 1.82) is 0 Å². The average molecular weight is 273 g/mol. The molecule has 0 spiro atoms. The van der Waals surface area contributed by atoms with E-state index in [1.54, 1.807) is 0 Å². The third kappa shape index (κ3) is 3.88. The highest BCUT2D eigenvalue weighted by atomic mass is 32.2. The van der Waals surface area contributed by atoms with Crippen molar-refractivity contribution in [2.75, 3.05) is 25.6 Å². The van der Waals surface area contributed by atoms with Crippen molar-refractivity contribution in [1.82, 2.24) is 4.90 Å². The van der Waals surface area contributed by atoms with E-state index in [-0.39, 0.29) is 5.54 Å². The summed E-state index contributed by atoms with van der Waals surface area (Å²) >= 11 is 1.94. The highest BCUT2D eigenvalue weighted by Crippen LogP contribution is 2.38. The predicted octanol–water partition coefficient (Wildman–Crippen LogP) is 3.36. The molecule has 2 nitrogen and oxygen atoms in total. The fourth-order valence-corrected chi connectivity index (χ4v) is 4.14. The van der Waals surface area contributed by atoms with Crippen molar-refractivity contribution >= 4 is 11.8 Å². The smallest absolute Gasteiger partial charge is 0.0332 e. The van der Waals surface area contributed by atoms with Gasteiger partial charge in [-0.2, -0.15) is 11.8 Å². The van der Waals surface area contributed by atoms with Crippen LogP contribution in [0.1, 0.15) is 52.4 Å². The molecule has 0 saturated heterocycles. The van der Waals surface area contributed by atoms with Gasteiger partial charge in [-0.15, -0.1) is 0 Å². The van der Waals surface area contributed by atoms with Crippen LogP contribution >= 0.6 is 11.8 Å². The Morgan fingerprint density at radius 1 is 1.39 bits per heavy atom. The average Bonchev–Trinajstić information content (AvgIpc) is 2.40. The van der Waals surface area contributed by atoms with Crippen LogP contribution < -0.4 is 5.73 Å². The van der Waals surface area contributed by atoms with Gasteiger partial charge in [-0.25, -0.2) is 0 Å². The fraction of sp³-hybridized carbons (Fsp3) is 1.00. The summed E-state index contributed by atoms with van der Waals surface area (Å²) in [4.78, 5) is 2.58. The molecule has 1 rings (SSSR count). The van der Waals surface area contributed by atoms with Gasteiger partial charge in [0.1, 0.15) is 0 Å². The first-order valence-corrected chi connectivity index (χ1v) is 8.91. The number of likely N-dealkylation sites (N-methyl/N-ethyl adjacent to an activating group) is 1. The summed E-state index contributed by atoms with van der Waals surface area (Å²) in [6.07, 6.45) is 10.3. The molecule has 108 valence electrons. The van der Waals surface area contributed by atoms with Crippen molar-refractivity contribution < 1.29 is 0 Å². The molecule has 18 heavy (non-hydrogen) atoms. The third-order valence-corrected chi connectivity index (χ3v) is 5.75. The first-order chi connectivity index (χ1) is 8.59. The Bertz CT molecular complexity index is 225. The van der Waals surface area contributed by atoms with Gasteiger partial charge in [0.2, 0.25) is 0 Å². The van der Waals surface area contributed by atoms with Gasteiger partial charge in [0.05, 0.1) is 0 Å². The van der Waals surface area contributed by atoms with Crippen LogP contribution in [0.4, 0.5) is 0 Å². The second-order valence-corrected chi connectivity index (χ2v) is 6.99. The van der Waals surface area contributed by atoms with Crippen molar-refractivity contribution in [3.63, 3.8) is 0 Å². The number of nitrogens with zero attached hydrogens (tertiary/aromatic N) is 1. The van der Waals surface area contributed by atoms with E-state index < -0.39 is 0 Å². The maximum atomic E-state index is 6.14. The number of rotatable bonds is 7. The summed E-state index contributed by atoms with van der Waals surface area (Å²) in [5.41, 5.74) is 6.42. The Labute approximate surface area is 118 Å². The minimum atomic E-state index is 0.277. The molecule has 1 atom stereocenters. The summed E-state index contributed by atoms with van der Waals surface area (Å²) < 4.78 is 0. The minimum Gasteiger partial charge on any atom is -0.329 e. The van der Waals surface area contributed by atoms with Crippen LogP contribution in [0.15, 0.2) is 0 Å². The first kappa shape index (κ1) is 16.3. The lowest BCUT2D eigenvalue weighted by Gasteiger charge is -2.48. The molecule has 0 heterocycles. The maximum absolute atomic E-state index is 6.14. The van der Waals surface area contributed by atoms with Gasteiger partial charge in [0.15, 0.2) is 0 Å². The molecule has 0 aromatic heterocycles. The lowest BCUT2D eigenvalue weighted by Crippen LogP contribution is -2.57.